The molecule has 18 heavy (non-hydrogen) atoms. The molecule has 0 bridgehead atoms. The van der Waals surface area contributed by atoms with E-state index < -0.39 is 17.4 Å². The minimum absolute atomic E-state index is 0. The van der Waals surface area contributed by atoms with Crippen molar-refractivity contribution in [1.29, 1.82) is 0 Å². The Hall–Kier alpha value is -1.56. The van der Waals surface area contributed by atoms with Crippen LogP contribution < -0.4 is 40.4 Å². The number of para-hydroxylation sites is 1. The van der Waals surface area contributed by atoms with Crippen molar-refractivity contribution in [2.75, 3.05) is 0 Å². The number of carbonyl (C=O) groups excluding carboxylic acids is 2. The molecule has 86 valence electrons. The van der Waals surface area contributed by atoms with Crippen molar-refractivity contribution in [1.82, 2.24) is 4.98 Å². The maximum absolute atomic E-state index is 11.8. The fraction of sp³-hybridized carbons (Fsp3) is 0. The van der Waals surface area contributed by atoms with Crippen molar-refractivity contribution in [2.24, 2.45) is 5.73 Å². The van der Waals surface area contributed by atoms with Gasteiger partial charge in [0, 0.05) is 28.7 Å². The number of benzene rings is 1. The Labute approximate surface area is 125 Å². The molecule has 2 rings (SSSR count). The fourth-order valence-electron chi connectivity index (χ4n) is 1.55. The molecular weight excluding hydrogens is 243 g/mol. The molecule has 0 aliphatic heterocycles. The second-order valence-electron chi connectivity index (χ2n) is 3.50. The molecule has 1 aromatic heterocycles. The average Bonchev–Trinajstić information content (AvgIpc) is 2.72. The number of aliphatic carboxylic acids is 1. The summed E-state index contributed by atoms with van der Waals surface area (Å²) in [6.45, 7) is 0. The number of hydrogen-bond donors (Lipinski definition) is 2. The van der Waals surface area contributed by atoms with E-state index in [1.165, 1.54) is 6.20 Å². The van der Waals surface area contributed by atoms with Crippen molar-refractivity contribution in [3.63, 3.8) is 0 Å². The number of aromatic amines is 1. The smallest absolute Gasteiger partial charge is 0.543 e. The predicted molar refractivity (Wildman–Crippen MR) is 59.9 cm³/mol. The third-order valence-electron chi connectivity index (χ3n) is 2.38. The molecule has 0 atom stereocenters. The number of carbonyl (C=O) groups is 2. The third kappa shape index (κ3) is 2.81. The number of nitrogens with one attached hydrogen (secondary N) is 1. The first kappa shape index (κ1) is 14.5. The number of rotatable bonds is 3. The summed E-state index contributed by atoms with van der Waals surface area (Å²) in [6, 6.07) is 7.21. The number of fused-ring (bicyclic) bond motifs is 1. The number of nitrogens with two attached hydrogens (primary N) is 1. The second kappa shape index (κ2) is 5.86. The van der Waals surface area contributed by atoms with Gasteiger partial charge in [0.15, 0.2) is 5.78 Å². The van der Waals surface area contributed by atoms with Crippen LogP contribution in [0.1, 0.15) is 10.4 Å². The van der Waals surface area contributed by atoms with E-state index in [-0.39, 0.29) is 29.6 Å². The van der Waals surface area contributed by atoms with Gasteiger partial charge in [0.25, 0.3) is 0 Å². The number of carboxylic acids is 1. The molecule has 0 fully saturated rings. The zero-order chi connectivity index (χ0) is 12.4. The van der Waals surface area contributed by atoms with Crippen LogP contribution in [0.3, 0.4) is 0 Å². The minimum atomic E-state index is -1.56. The summed E-state index contributed by atoms with van der Waals surface area (Å²) in [6.07, 6.45) is 2.37. The molecule has 0 aliphatic rings. The summed E-state index contributed by atoms with van der Waals surface area (Å²) < 4.78 is 0. The molecular formula is C12H9N2NaO3. The van der Waals surface area contributed by atoms with E-state index >= 15 is 0 Å². The largest absolute Gasteiger partial charge is 1.00 e. The van der Waals surface area contributed by atoms with Gasteiger partial charge in [-0.3, -0.25) is 4.79 Å². The van der Waals surface area contributed by atoms with Crippen LogP contribution in [0.4, 0.5) is 0 Å². The summed E-state index contributed by atoms with van der Waals surface area (Å²) in [7, 11) is 0. The second-order valence-corrected chi connectivity index (χ2v) is 3.50. The molecule has 0 spiro atoms. The molecule has 0 amide bonds. The summed E-state index contributed by atoms with van der Waals surface area (Å²) in [5.41, 5.74) is 5.73. The predicted octanol–water partition coefficient (Wildman–Crippen LogP) is -3.05. The summed E-state index contributed by atoms with van der Waals surface area (Å²) in [4.78, 5) is 25.1. The third-order valence-corrected chi connectivity index (χ3v) is 2.38. The molecule has 0 aliphatic carbocycles. The topological polar surface area (TPSA) is 99.0 Å². The van der Waals surface area contributed by atoms with Crippen molar-refractivity contribution in [3.8, 4) is 0 Å². The van der Waals surface area contributed by atoms with E-state index in [9.17, 15) is 14.7 Å². The average molecular weight is 252 g/mol. The maximum atomic E-state index is 11.8. The van der Waals surface area contributed by atoms with Crippen molar-refractivity contribution >= 4 is 22.7 Å². The van der Waals surface area contributed by atoms with Gasteiger partial charge < -0.3 is 20.6 Å². The Balaban J connectivity index is 0.00000162. The van der Waals surface area contributed by atoms with Crippen molar-refractivity contribution in [2.45, 2.75) is 0 Å². The van der Waals surface area contributed by atoms with Gasteiger partial charge in [-0.1, -0.05) is 18.2 Å². The zero-order valence-electron chi connectivity index (χ0n) is 9.77. The number of ketones is 1. The Morgan fingerprint density at radius 1 is 1.28 bits per heavy atom. The van der Waals surface area contributed by atoms with Crippen LogP contribution in [0.5, 0.6) is 0 Å². The van der Waals surface area contributed by atoms with Gasteiger partial charge >= 0.3 is 29.6 Å². The monoisotopic (exact) mass is 252 g/mol. The molecule has 1 heterocycles. The van der Waals surface area contributed by atoms with Gasteiger partial charge in [0.2, 0.25) is 0 Å². The summed E-state index contributed by atoms with van der Waals surface area (Å²) in [5.74, 6) is -2.03. The molecule has 0 saturated heterocycles. The first-order chi connectivity index (χ1) is 8.09. The van der Waals surface area contributed by atoms with Crippen LogP contribution in [0.2, 0.25) is 0 Å². The molecule has 2 aromatic rings. The first-order valence-electron chi connectivity index (χ1n) is 4.88. The molecule has 5 nitrogen and oxygen atoms in total. The molecule has 0 radical (unpaired) electrons. The number of aromatic nitrogens is 1. The van der Waals surface area contributed by atoms with Crippen molar-refractivity contribution in [3.05, 3.63) is 47.8 Å². The van der Waals surface area contributed by atoms with Gasteiger partial charge in [-0.25, -0.2) is 0 Å². The Morgan fingerprint density at radius 3 is 2.61 bits per heavy atom. The first-order valence-corrected chi connectivity index (χ1v) is 4.88. The van der Waals surface area contributed by atoms with Crippen LogP contribution in [0.25, 0.3) is 10.9 Å². The number of carboxylic acid groups (broad SMARTS) is 1. The van der Waals surface area contributed by atoms with Crippen LogP contribution in [-0.4, -0.2) is 16.7 Å². The quantitative estimate of drug-likeness (QED) is 0.344. The van der Waals surface area contributed by atoms with E-state index in [4.69, 9.17) is 5.73 Å². The van der Waals surface area contributed by atoms with Gasteiger partial charge in [0.05, 0.1) is 11.7 Å². The maximum Gasteiger partial charge on any atom is 1.00 e. The molecule has 0 saturated carbocycles. The van der Waals surface area contributed by atoms with Gasteiger partial charge in [-0.15, -0.1) is 0 Å². The van der Waals surface area contributed by atoms with Crippen LogP contribution >= 0.6 is 0 Å². The summed E-state index contributed by atoms with van der Waals surface area (Å²) >= 11 is 0. The van der Waals surface area contributed by atoms with Gasteiger partial charge in [-0.05, 0) is 6.07 Å². The Morgan fingerprint density at radius 2 is 1.94 bits per heavy atom. The zero-order valence-corrected chi connectivity index (χ0v) is 11.8. The van der Waals surface area contributed by atoms with Gasteiger partial charge in [-0.2, -0.15) is 0 Å². The number of hydrogen-bond acceptors (Lipinski definition) is 4. The number of H-pyrrole nitrogens is 1. The van der Waals surface area contributed by atoms with E-state index in [1.807, 2.05) is 12.1 Å². The SMILES string of the molecule is N/C(=C\C(=O)c1c[nH]c2ccccc12)C(=O)[O-].[Na+]. The number of allylic oxidation sites excluding steroid dienone is 1. The minimum Gasteiger partial charge on any atom is -0.543 e. The van der Waals surface area contributed by atoms with Crippen LogP contribution in [0, 0.1) is 0 Å². The molecule has 0 unspecified atom stereocenters. The summed E-state index contributed by atoms with van der Waals surface area (Å²) in [5, 5.41) is 11.1. The van der Waals surface area contributed by atoms with E-state index in [0.717, 1.165) is 17.0 Å². The van der Waals surface area contributed by atoms with E-state index in [1.54, 1.807) is 12.1 Å². The van der Waals surface area contributed by atoms with Gasteiger partial charge in [0.1, 0.15) is 0 Å². The fourth-order valence-corrected chi connectivity index (χ4v) is 1.55. The van der Waals surface area contributed by atoms with Crippen molar-refractivity contribution < 1.29 is 44.3 Å². The van der Waals surface area contributed by atoms with E-state index in [2.05, 4.69) is 4.98 Å². The molecule has 6 heteroatoms. The van der Waals surface area contributed by atoms with E-state index in [0.29, 0.717) is 5.56 Å². The normalized spacial score (nSPS) is 11.0. The molecule has 1 aromatic carbocycles. The Kier molecular flexibility index (Phi) is 4.72. The molecule has 3 N–H and O–H groups in total. The van der Waals surface area contributed by atoms with Crippen LogP contribution in [-0.2, 0) is 4.79 Å². The van der Waals surface area contributed by atoms with Crippen LogP contribution in [0.15, 0.2) is 42.2 Å². The Bertz CT molecular complexity index is 631. The standard InChI is InChI=1S/C12H10N2O3.Na/c13-9(12(16)17)5-11(15)8-6-14-10-4-2-1-3-7(8)10;/h1-6,14H,13H2,(H,16,17);/q;+1/p-1/b9-5-;.